The SMILES string of the molecule is CN(C(=O)c1ccnc(NCCCc2ccccc2)c1)C1CCS(=O)(=O)C1. The fraction of sp³-hybridized carbons (Fsp3) is 0.400. The summed E-state index contributed by atoms with van der Waals surface area (Å²) in [6.07, 6.45) is 4.04. The number of pyridine rings is 1. The van der Waals surface area contributed by atoms with Gasteiger partial charge in [-0.1, -0.05) is 30.3 Å². The lowest BCUT2D eigenvalue weighted by Crippen LogP contribution is -2.37. The van der Waals surface area contributed by atoms with E-state index in [9.17, 15) is 13.2 Å². The third-order valence-corrected chi connectivity index (χ3v) is 6.62. The van der Waals surface area contributed by atoms with Crippen molar-refractivity contribution in [1.29, 1.82) is 0 Å². The highest BCUT2D eigenvalue weighted by molar-refractivity contribution is 7.91. The van der Waals surface area contributed by atoms with Crippen molar-refractivity contribution >= 4 is 21.6 Å². The molecule has 0 saturated carbocycles. The molecule has 144 valence electrons. The monoisotopic (exact) mass is 387 g/mol. The van der Waals surface area contributed by atoms with Crippen LogP contribution in [0.4, 0.5) is 5.82 Å². The third kappa shape index (κ3) is 5.29. The molecule has 7 heteroatoms. The van der Waals surface area contributed by atoms with E-state index in [1.165, 1.54) is 5.56 Å². The van der Waals surface area contributed by atoms with Crippen molar-refractivity contribution in [2.75, 3.05) is 30.4 Å². The minimum absolute atomic E-state index is 0.0465. The van der Waals surface area contributed by atoms with Crippen LogP contribution < -0.4 is 5.32 Å². The number of sulfone groups is 1. The number of hydrogen-bond acceptors (Lipinski definition) is 5. The summed E-state index contributed by atoms with van der Waals surface area (Å²) in [5, 5.41) is 3.25. The number of carbonyl (C=O) groups is 1. The van der Waals surface area contributed by atoms with E-state index in [0.29, 0.717) is 17.8 Å². The lowest BCUT2D eigenvalue weighted by Gasteiger charge is -2.23. The van der Waals surface area contributed by atoms with Gasteiger partial charge in [0.1, 0.15) is 5.82 Å². The maximum absolute atomic E-state index is 12.7. The van der Waals surface area contributed by atoms with Gasteiger partial charge in [0.05, 0.1) is 11.5 Å². The average molecular weight is 388 g/mol. The standard InChI is InChI=1S/C20H25N3O3S/c1-23(18-10-13-27(25,26)15-18)20(24)17-9-12-22-19(14-17)21-11-5-8-16-6-3-2-4-7-16/h2-4,6-7,9,12,14,18H,5,8,10-11,13,15H2,1H3,(H,21,22). The van der Waals surface area contributed by atoms with E-state index in [0.717, 1.165) is 19.4 Å². The minimum atomic E-state index is -3.02. The Kier molecular flexibility index (Phi) is 6.11. The summed E-state index contributed by atoms with van der Waals surface area (Å²) in [4.78, 5) is 18.5. The molecule has 6 nitrogen and oxygen atoms in total. The summed E-state index contributed by atoms with van der Waals surface area (Å²) < 4.78 is 23.3. The Morgan fingerprint density at radius 3 is 2.74 bits per heavy atom. The van der Waals surface area contributed by atoms with Crippen molar-refractivity contribution in [2.24, 2.45) is 0 Å². The van der Waals surface area contributed by atoms with E-state index in [1.807, 2.05) is 18.2 Å². The molecule has 1 saturated heterocycles. The Hall–Kier alpha value is -2.41. The van der Waals surface area contributed by atoms with Crippen LogP contribution in [0.5, 0.6) is 0 Å². The number of benzene rings is 1. The number of carbonyl (C=O) groups excluding carboxylic acids is 1. The summed E-state index contributed by atoms with van der Waals surface area (Å²) in [7, 11) is -1.35. The molecule has 0 spiro atoms. The number of rotatable bonds is 7. The maximum Gasteiger partial charge on any atom is 0.254 e. The van der Waals surface area contributed by atoms with Gasteiger partial charge in [0.15, 0.2) is 9.84 Å². The topological polar surface area (TPSA) is 79.4 Å². The predicted molar refractivity (Wildman–Crippen MR) is 107 cm³/mol. The third-order valence-electron chi connectivity index (χ3n) is 4.87. The van der Waals surface area contributed by atoms with Crippen molar-refractivity contribution in [2.45, 2.75) is 25.3 Å². The van der Waals surface area contributed by atoms with E-state index in [1.54, 1.807) is 30.3 Å². The summed E-state index contributed by atoms with van der Waals surface area (Å²) in [5.41, 5.74) is 1.81. The van der Waals surface area contributed by atoms with Gasteiger partial charge in [-0.2, -0.15) is 0 Å². The van der Waals surface area contributed by atoms with Gasteiger partial charge >= 0.3 is 0 Å². The molecule has 0 bridgehead atoms. The Bertz CT molecular complexity index is 884. The smallest absolute Gasteiger partial charge is 0.254 e. The molecule has 1 amide bonds. The van der Waals surface area contributed by atoms with Gasteiger partial charge in [-0.25, -0.2) is 13.4 Å². The van der Waals surface area contributed by atoms with Gasteiger partial charge in [-0.15, -0.1) is 0 Å². The van der Waals surface area contributed by atoms with Gasteiger partial charge < -0.3 is 10.2 Å². The lowest BCUT2D eigenvalue weighted by molar-refractivity contribution is 0.0747. The summed E-state index contributed by atoms with van der Waals surface area (Å²) in [6.45, 7) is 0.760. The van der Waals surface area contributed by atoms with E-state index >= 15 is 0 Å². The molecule has 0 radical (unpaired) electrons. The van der Waals surface area contributed by atoms with Crippen LogP contribution >= 0.6 is 0 Å². The van der Waals surface area contributed by atoms with Gasteiger partial charge in [-0.3, -0.25) is 4.79 Å². The fourth-order valence-corrected chi connectivity index (χ4v) is 5.04. The van der Waals surface area contributed by atoms with Gasteiger partial charge in [0, 0.05) is 31.4 Å². The van der Waals surface area contributed by atoms with Crippen LogP contribution in [0.15, 0.2) is 48.7 Å². The molecule has 1 aromatic carbocycles. The molecule has 0 aliphatic carbocycles. The first-order chi connectivity index (χ1) is 12.9. The van der Waals surface area contributed by atoms with Crippen LogP contribution in [0.25, 0.3) is 0 Å². The summed E-state index contributed by atoms with van der Waals surface area (Å²) in [5.74, 6) is 0.679. The van der Waals surface area contributed by atoms with Crippen LogP contribution in [0.1, 0.15) is 28.8 Å². The van der Waals surface area contributed by atoms with Crippen molar-refractivity contribution in [1.82, 2.24) is 9.88 Å². The summed E-state index contributed by atoms with van der Waals surface area (Å²) in [6, 6.07) is 13.4. The Morgan fingerprint density at radius 2 is 2.04 bits per heavy atom. The second-order valence-electron chi connectivity index (χ2n) is 6.92. The Morgan fingerprint density at radius 1 is 1.26 bits per heavy atom. The van der Waals surface area contributed by atoms with Crippen LogP contribution in [0.2, 0.25) is 0 Å². The first-order valence-corrected chi connectivity index (χ1v) is 11.0. The first kappa shape index (κ1) is 19.4. The second-order valence-corrected chi connectivity index (χ2v) is 9.15. The van der Waals surface area contributed by atoms with Crippen molar-refractivity contribution < 1.29 is 13.2 Å². The number of aromatic nitrogens is 1. The van der Waals surface area contributed by atoms with E-state index in [4.69, 9.17) is 0 Å². The Labute approximate surface area is 160 Å². The zero-order valence-corrected chi connectivity index (χ0v) is 16.3. The average Bonchev–Trinajstić information content (AvgIpc) is 3.05. The minimum Gasteiger partial charge on any atom is -0.370 e. The maximum atomic E-state index is 12.7. The van der Waals surface area contributed by atoms with Crippen molar-refractivity contribution in [3.05, 3.63) is 59.8 Å². The molecule has 1 atom stereocenters. The zero-order valence-electron chi connectivity index (χ0n) is 15.5. The van der Waals surface area contributed by atoms with Crippen LogP contribution in [0, 0.1) is 0 Å². The molecule has 1 aliphatic rings. The van der Waals surface area contributed by atoms with E-state index in [2.05, 4.69) is 22.4 Å². The summed E-state index contributed by atoms with van der Waals surface area (Å²) >= 11 is 0. The number of nitrogens with one attached hydrogen (secondary N) is 1. The van der Waals surface area contributed by atoms with Crippen LogP contribution in [-0.4, -0.2) is 55.3 Å². The molecule has 1 N–H and O–H groups in total. The highest BCUT2D eigenvalue weighted by atomic mass is 32.2. The number of aryl methyl sites for hydroxylation is 1. The normalized spacial score (nSPS) is 18.2. The molecule has 2 heterocycles. The van der Waals surface area contributed by atoms with Crippen molar-refractivity contribution in [3.63, 3.8) is 0 Å². The van der Waals surface area contributed by atoms with Gasteiger partial charge in [0.2, 0.25) is 0 Å². The number of amides is 1. The van der Waals surface area contributed by atoms with E-state index in [-0.39, 0.29) is 23.5 Å². The number of anilines is 1. The van der Waals surface area contributed by atoms with E-state index < -0.39 is 9.84 Å². The highest BCUT2D eigenvalue weighted by Crippen LogP contribution is 2.19. The molecule has 1 aromatic heterocycles. The Balaban J connectivity index is 1.54. The fourth-order valence-electron chi connectivity index (χ4n) is 3.26. The molecule has 2 aromatic rings. The van der Waals surface area contributed by atoms with Crippen LogP contribution in [0.3, 0.4) is 0 Å². The van der Waals surface area contributed by atoms with Crippen molar-refractivity contribution in [3.8, 4) is 0 Å². The molecule has 27 heavy (non-hydrogen) atoms. The number of hydrogen-bond donors (Lipinski definition) is 1. The van der Waals surface area contributed by atoms with Crippen LogP contribution in [-0.2, 0) is 16.3 Å². The molecule has 1 fully saturated rings. The molecule has 1 unspecified atom stereocenters. The largest absolute Gasteiger partial charge is 0.370 e. The lowest BCUT2D eigenvalue weighted by atomic mass is 10.1. The molecular formula is C20H25N3O3S. The molecule has 3 rings (SSSR count). The predicted octanol–water partition coefficient (Wildman–Crippen LogP) is 2.39. The van der Waals surface area contributed by atoms with Gasteiger partial charge in [0.25, 0.3) is 5.91 Å². The molecular weight excluding hydrogens is 362 g/mol. The first-order valence-electron chi connectivity index (χ1n) is 9.16. The highest BCUT2D eigenvalue weighted by Gasteiger charge is 2.33. The zero-order chi connectivity index (χ0) is 19.3. The quantitative estimate of drug-likeness (QED) is 0.738. The second kappa shape index (κ2) is 8.52. The van der Waals surface area contributed by atoms with Gasteiger partial charge in [-0.05, 0) is 37.0 Å². The number of nitrogens with zero attached hydrogens (tertiary/aromatic N) is 2. The molecule has 1 aliphatic heterocycles.